The summed E-state index contributed by atoms with van der Waals surface area (Å²) in [4.78, 5) is 16.7. The summed E-state index contributed by atoms with van der Waals surface area (Å²) < 4.78 is 13.0. The molecule has 7 heteroatoms. The minimum absolute atomic E-state index is 0.177. The van der Waals surface area contributed by atoms with Crippen molar-refractivity contribution in [2.75, 3.05) is 6.61 Å². The maximum Gasteiger partial charge on any atom is 0.307 e. The highest BCUT2D eigenvalue weighted by Gasteiger charge is 2.16. The summed E-state index contributed by atoms with van der Waals surface area (Å²) in [6, 6.07) is 19.3. The number of carbonyl (C=O) groups is 1. The van der Waals surface area contributed by atoms with Crippen LogP contribution in [0.3, 0.4) is 0 Å². The van der Waals surface area contributed by atoms with Crippen LogP contribution in [0.15, 0.2) is 60.8 Å². The van der Waals surface area contributed by atoms with E-state index < -0.39 is 0 Å². The normalized spacial score (nSPS) is 11.5. The molecule has 0 aliphatic heterocycles. The number of nitrogens with zero attached hydrogens (tertiary/aromatic N) is 4. The molecule has 38 heavy (non-hydrogen) atoms. The van der Waals surface area contributed by atoms with Crippen LogP contribution in [0.25, 0.3) is 16.8 Å². The summed E-state index contributed by atoms with van der Waals surface area (Å²) in [5, 5.41) is 14.1. The van der Waals surface area contributed by atoms with Crippen molar-refractivity contribution in [3.63, 3.8) is 0 Å². The van der Waals surface area contributed by atoms with Crippen molar-refractivity contribution in [1.29, 1.82) is 5.26 Å². The van der Waals surface area contributed by atoms with E-state index in [9.17, 15) is 10.1 Å². The molecule has 0 aliphatic rings. The third-order valence-electron chi connectivity index (χ3n) is 6.01. The van der Waals surface area contributed by atoms with E-state index in [2.05, 4.69) is 36.9 Å². The number of carbonyl (C=O) groups excluding carboxylic acids is 1. The van der Waals surface area contributed by atoms with E-state index in [0.29, 0.717) is 24.5 Å². The Kier molecular flexibility index (Phi) is 8.40. The van der Waals surface area contributed by atoms with Gasteiger partial charge in [-0.1, -0.05) is 44.0 Å². The average molecular weight is 507 g/mol. The molecule has 0 saturated heterocycles. The van der Waals surface area contributed by atoms with Crippen molar-refractivity contribution in [2.45, 2.75) is 52.6 Å². The Bertz CT molecular complexity index is 1540. The van der Waals surface area contributed by atoms with Gasteiger partial charge in [-0.25, -0.2) is 9.50 Å². The zero-order valence-electron chi connectivity index (χ0n) is 22.1. The number of benzene rings is 2. The maximum absolute atomic E-state index is 12.0. The second-order valence-electron chi connectivity index (χ2n) is 9.16. The number of pyridine rings is 1. The fourth-order valence-electron chi connectivity index (χ4n) is 4.13. The van der Waals surface area contributed by atoms with Gasteiger partial charge in [0.25, 0.3) is 0 Å². The van der Waals surface area contributed by atoms with Gasteiger partial charge < -0.3 is 9.47 Å². The van der Waals surface area contributed by atoms with E-state index >= 15 is 0 Å². The van der Waals surface area contributed by atoms with Crippen LogP contribution in [0, 0.1) is 23.2 Å². The van der Waals surface area contributed by atoms with Crippen molar-refractivity contribution in [3.05, 3.63) is 83.3 Å². The highest BCUT2D eigenvalue weighted by atomic mass is 16.5. The molecule has 2 heterocycles. The van der Waals surface area contributed by atoms with Gasteiger partial charge in [0, 0.05) is 23.2 Å². The van der Waals surface area contributed by atoms with Crippen LogP contribution in [0.1, 0.15) is 68.5 Å². The number of esters is 1. The molecule has 0 spiro atoms. The molecule has 1 unspecified atom stereocenters. The highest BCUT2D eigenvalue weighted by molar-refractivity contribution is 5.78. The van der Waals surface area contributed by atoms with Crippen molar-refractivity contribution < 1.29 is 14.3 Å². The Morgan fingerprint density at radius 2 is 1.92 bits per heavy atom. The molecule has 7 nitrogen and oxygen atoms in total. The molecule has 0 aliphatic carbocycles. The van der Waals surface area contributed by atoms with Gasteiger partial charge in [-0.15, -0.1) is 5.92 Å². The van der Waals surface area contributed by atoms with Gasteiger partial charge in [0.05, 0.1) is 30.6 Å². The third-order valence-corrected chi connectivity index (χ3v) is 6.01. The fraction of sp³-hybridized carbons (Fsp3) is 0.290. The monoisotopic (exact) mass is 506 g/mol. The lowest BCUT2D eigenvalue weighted by Crippen LogP contribution is -2.09. The van der Waals surface area contributed by atoms with Crippen LogP contribution >= 0.6 is 0 Å². The molecule has 0 radical (unpaired) electrons. The predicted molar refractivity (Wildman–Crippen MR) is 145 cm³/mol. The second kappa shape index (κ2) is 12.1. The Hall–Kier alpha value is -4.62. The Labute approximate surface area is 223 Å². The first-order valence-electron chi connectivity index (χ1n) is 12.6. The molecule has 1 atom stereocenters. The topological polar surface area (TPSA) is 89.5 Å². The van der Waals surface area contributed by atoms with E-state index in [1.54, 1.807) is 24.4 Å². The first-order chi connectivity index (χ1) is 18.4. The van der Waals surface area contributed by atoms with E-state index in [-0.39, 0.29) is 24.2 Å². The molecule has 2 aromatic carbocycles. The molecule has 0 bridgehead atoms. The molecule has 192 valence electrons. The number of hydrogen-bond acceptors (Lipinski definition) is 6. The molecule has 0 amide bonds. The number of rotatable bonds is 9. The number of aromatic nitrogens is 3. The van der Waals surface area contributed by atoms with Crippen molar-refractivity contribution in [3.8, 4) is 34.8 Å². The fourth-order valence-corrected chi connectivity index (χ4v) is 4.13. The molecular weight excluding hydrogens is 476 g/mol. The largest absolute Gasteiger partial charge is 0.489 e. The lowest BCUT2D eigenvalue weighted by atomic mass is 9.96. The third kappa shape index (κ3) is 6.19. The summed E-state index contributed by atoms with van der Waals surface area (Å²) in [7, 11) is 0. The number of ether oxygens (including phenoxy) is 2. The van der Waals surface area contributed by atoms with Gasteiger partial charge in [-0.05, 0) is 55.3 Å². The number of fused-ring (bicyclic) bond motifs is 1. The zero-order chi connectivity index (χ0) is 27.1. The minimum atomic E-state index is -0.263. The van der Waals surface area contributed by atoms with Crippen LogP contribution in [-0.2, 0) is 16.1 Å². The minimum Gasteiger partial charge on any atom is -0.489 e. The molecule has 4 rings (SSSR count). The zero-order valence-corrected chi connectivity index (χ0v) is 22.1. The molecule has 0 fully saturated rings. The lowest BCUT2D eigenvalue weighted by Gasteiger charge is -2.13. The van der Waals surface area contributed by atoms with E-state index in [1.165, 1.54) is 0 Å². The standard InChI is InChI=1S/C31H30N4O3/c1-5-8-25(17-29(36)37-6-2)24-11-13-27(14-12-24)38-20-23-16-28(26-10-7-9-22(15-26)18-32)31-33-30(21(3)4)34-35(31)19-23/h7,9-16,19,21,25H,6,17,20H2,1-4H3. The lowest BCUT2D eigenvalue weighted by molar-refractivity contribution is -0.143. The Balaban J connectivity index is 1.58. The van der Waals surface area contributed by atoms with Crippen molar-refractivity contribution >= 4 is 11.6 Å². The van der Waals surface area contributed by atoms with Crippen molar-refractivity contribution in [1.82, 2.24) is 14.6 Å². The van der Waals surface area contributed by atoms with Crippen LogP contribution in [-0.4, -0.2) is 27.2 Å². The number of hydrogen-bond donors (Lipinski definition) is 0. The summed E-state index contributed by atoms with van der Waals surface area (Å²) in [5.74, 6) is 7.13. The van der Waals surface area contributed by atoms with Gasteiger partial charge in [-0.3, -0.25) is 4.79 Å². The van der Waals surface area contributed by atoms with Gasteiger partial charge in [-0.2, -0.15) is 10.4 Å². The average Bonchev–Trinajstić information content (AvgIpc) is 3.36. The van der Waals surface area contributed by atoms with Crippen molar-refractivity contribution in [2.24, 2.45) is 0 Å². The smallest absolute Gasteiger partial charge is 0.307 e. The quantitative estimate of drug-likeness (QED) is 0.203. The summed E-state index contributed by atoms with van der Waals surface area (Å²) in [6.45, 7) is 8.33. The van der Waals surface area contributed by atoms with Gasteiger partial charge >= 0.3 is 5.97 Å². The second-order valence-corrected chi connectivity index (χ2v) is 9.16. The first-order valence-corrected chi connectivity index (χ1v) is 12.6. The SMILES string of the molecule is CC#CC(CC(=O)OCC)c1ccc(OCc2cc(-c3cccc(C#N)c3)c3nc(C(C)C)nn3c2)cc1. The Morgan fingerprint density at radius 3 is 2.61 bits per heavy atom. The first kappa shape index (κ1) is 26.4. The Morgan fingerprint density at radius 1 is 1.13 bits per heavy atom. The summed E-state index contributed by atoms with van der Waals surface area (Å²) >= 11 is 0. The molecule has 0 saturated carbocycles. The van der Waals surface area contributed by atoms with Crippen LogP contribution < -0.4 is 4.74 Å². The predicted octanol–water partition coefficient (Wildman–Crippen LogP) is 6.03. The molecule has 2 aromatic heterocycles. The van der Waals surface area contributed by atoms with Crippen LogP contribution in [0.2, 0.25) is 0 Å². The van der Waals surface area contributed by atoms with Gasteiger partial charge in [0.1, 0.15) is 12.4 Å². The summed E-state index contributed by atoms with van der Waals surface area (Å²) in [5.41, 5.74) is 4.95. The van der Waals surface area contributed by atoms with E-state index in [4.69, 9.17) is 14.5 Å². The van der Waals surface area contributed by atoms with Crippen LogP contribution in [0.5, 0.6) is 5.75 Å². The summed E-state index contributed by atoms with van der Waals surface area (Å²) in [6.07, 6.45) is 2.13. The number of nitriles is 1. The molecular formula is C31H30N4O3. The van der Waals surface area contributed by atoms with Crippen LogP contribution in [0.4, 0.5) is 0 Å². The molecule has 4 aromatic rings. The van der Waals surface area contributed by atoms with Gasteiger partial charge in [0.2, 0.25) is 0 Å². The maximum atomic E-state index is 12.0. The van der Waals surface area contributed by atoms with E-state index in [0.717, 1.165) is 33.7 Å². The highest BCUT2D eigenvalue weighted by Crippen LogP contribution is 2.28. The molecule has 0 N–H and O–H groups in total. The van der Waals surface area contributed by atoms with E-state index in [1.807, 2.05) is 54.7 Å². The van der Waals surface area contributed by atoms with Gasteiger partial charge in [0.15, 0.2) is 11.5 Å².